The predicted octanol–water partition coefficient (Wildman–Crippen LogP) is 0.340. The van der Waals surface area contributed by atoms with Gasteiger partial charge in [-0.05, 0) is 31.0 Å². The molecule has 0 heterocycles. The van der Waals surface area contributed by atoms with Crippen LogP contribution in [0.25, 0.3) is 0 Å². The molecule has 0 bridgehead atoms. The number of nitrogens with one attached hydrogen (secondary N) is 1. The molecule has 1 atom stereocenters. The standard InChI is InChI=1S/C13H18N2O4/c1-7-4-9(10(19-3)5-8(7)2)6-15-12(16)11(14)13(17)18/h4-5,11H,6,14H2,1-3H3,(H,15,16)(H,17,18). The van der Waals surface area contributed by atoms with Crippen LogP contribution >= 0.6 is 0 Å². The summed E-state index contributed by atoms with van der Waals surface area (Å²) in [5.74, 6) is -1.44. The maximum absolute atomic E-state index is 11.5. The Hall–Kier alpha value is -2.08. The Morgan fingerprint density at radius 3 is 2.47 bits per heavy atom. The number of carboxylic acid groups (broad SMARTS) is 1. The van der Waals surface area contributed by atoms with E-state index in [1.807, 2.05) is 26.0 Å². The summed E-state index contributed by atoms with van der Waals surface area (Å²) in [6.07, 6.45) is 0. The van der Waals surface area contributed by atoms with E-state index in [0.29, 0.717) is 5.75 Å². The van der Waals surface area contributed by atoms with Gasteiger partial charge in [-0.25, -0.2) is 4.79 Å². The van der Waals surface area contributed by atoms with Gasteiger partial charge < -0.3 is 20.9 Å². The minimum absolute atomic E-state index is 0.171. The van der Waals surface area contributed by atoms with Crippen molar-refractivity contribution in [1.29, 1.82) is 0 Å². The monoisotopic (exact) mass is 266 g/mol. The third-order valence-corrected chi connectivity index (χ3v) is 2.90. The normalized spacial score (nSPS) is 11.8. The third kappa shape index (κ3) is 3.69. The van der Waals surface area contributed by atoms with Crippen molar-refractivity contribution in [2.75, 3.05) is 7.11 Å². The predicted molar refractivity (Wildman–Crippen MR) is 69.9 cm³/mol. The average Bonchev–Trinajstić information content (AvgIpc) is 2.38. The van der Waals surface area contributed by atoms with Crippen molar-refractivity contribution in [1.82, 2.24) is 5.32 Å². The molecular formula is C13H18N2O4. The summed E-state index contributed by atoms with van der Waals surface area (Å²) in [4.78, 5) is 22.0. The second-order valence-corrected chi connectivity index (χ2v) is 4.28. The highest BCUT2D eigenvalue weighted by molar-refractivity contribution is 6.00. The largest absolute Gasteiger partial charge is 0.496 e. The molecule has 19 heavy (non-hydrogen) atoms. The third-order valence-electron chi connectivity index (χ3n) is 2.90. The zero-order chi connectivity index (χ0) is 14.6. The van der Waals surface area contributed by atoms with Gasteiger partial charge in [-0.3, -0.25) is 4.79 Å². The summed E-state index contributed by atoms with van der Waals surface area (Å²) >= 11 is 0. The van der Waals surface area contributed by atoms with Crippen LogP contribution < -0.4 is 15.8 Å². The topological polar surface area (TPSA) is 102 Å². The fourth-order valence-electron chi connectivity index (χ4n) is 1.58. The number of rotatable bonds is 5. The second kappa shape index (κ2) is 6.19. The highest BCUT2D eigenvalue weighted by atomic mass is 16.5. The van der Waals surface area contributed by atoms with E-state index in [0.717, 1.165) is 16.7 Å². The molecule has 104 valence electrons. The molecular weight excluding hydrogens is 248 g/mol. The van der Waals surface area contributed by atoms with Crippen LogP contribution in [0.4, 0.5) is 0 Å². The summed E-state index contributed by atoms with van der Waals surface area (Å²) < 4.78 is 5.22. The molecule has 0 saturated heterocycles. The van der Waals surface area contributed by atoms with Gasteiger partial charge in [0.05, 0.1) is 7.11 Å². The Kier molecular flexibility index (Phi) is 4.88. The molecule has 1 amide bonds. The average molecular weight is 266 g/mol. The van der Waals surface area contributed by atoms with Gasteiger partial charge >= 0.3 is 5.97 Å². The van der Waals surface area contributed by atoms with Crippen LogP contribution in [0.5, 0.6) is 5.75 Å². The van der Waals surface area contributed by atoms with E-state index in [4.69, 9.17) is 15.6 Å². The van der Waals surface area contributed by atoms with Gasteiger partial charge in [0.15, 0.2) is 6.04 Å². The van der Waals surface area contributed by atoms with Gasteiger partial charge in [0.25, 0.3) is 0 Å². The van der Waals surface area contributed by atoms with E-state index in [2.05, 4.69) is 5.32 Å². The SMILES string of the molecule is COc1cc(C)c(C)cc1CNC(=O)C(N)C(=O)O. The number of aryl methyl sites for hydroxylation is 2. The molecule has 0 radical (unpaired) electrons. The molecule has 1 aromatic carbocycles. The van der Waals surface area contributed by atoms with Crippen LogP contribution in [0, 0.1) is 13.8 Å². The zero-order valence-corrected chi connectivity index (χ0v) is 11.2. The number of hydrogen-bond acceptors (Lipinski definition) is 4. The number of methoxy groups -OCH3 is 1. The van der Waals surface area contributed by atoms with Crippen molar-refractivity contribution in [2.24, 2.45) is 5.73 Å². The molecule has 1 rings (SSSR count). The Morgan fingerprint density at radius 1 is 1.37 bits per heavy atom. The summed E-state index contributed by atoms with van der Waals surface area (Å²) in [7, 11) is 1.54. The molecule has 0 aliphatic rings. The van der Waals surface area contributed by atoms with E-state index in [1.165, 1.54) is 0 Å². The molecule has 1 aromatic rings. The zero-order valence-electron chi connectivity index (χ0n) is 11.2. The first-order valence-electron chi connectivity index (χ1n) is 5.77. The molecule has 1 unspecified atom stereocenters. The first kappa shape index (κ1) is 15.0. The van der Waals surface area contributed by atoms with Gasteiger partial charge in [0.2, 0.25) is 5.91 Å². The lowest BCUT2D eigenvalue weighted by Crippen LogP contribution is -2.45. The van der Waals surface area contributed by atoms with Crippen molar-refractivity contribution in [2.45, 2.75) is 26.4 Å². The first-order chi connectivity index (χ1) is 8.86. The van der Waals surface area contributed by atoms with Crippen LogP contribution in [0.3, 0.4) is 0 Å². The van der Waals surface area contributed by atoms with Crippen molar-refractivity contribution in [3.8, 4) is 5.75 Å². The van der Waals surface area contributed by atoms with Gasteiger partial charge in [0, 0.05) is 12.1 Å². The molecule has 4 N–H and O–H groups in total. The van der Waals surface area contributed by atoms with E-state index < -0.39 is 17.9 Å². The number of carboxylic acids is 1. The number of carbonyl (C=O) groups is 2. The molecule has 0 saturated carbocycles. The van der Waals surface area contributed by atoms with Gasteiger partial charge in [0.1, 0.15) is 5.75 Å². The van der Waals surface area contributed by atoms with Crippen molar-refractivity contribution < 1.29 is 19.4 Å². The first-order valence-corrected chi connectivity index (χ1v) is 5.77. The van der Waals surface area contributed by atoms with Crippen LogP contribution in [0.15, 0.2) is 12.1 Å². The molecule has 0 aliphatic carbocycles. The van der Waals surface area contributed by atoms with E-state index in [1.54, 1.807) is 7.11 Å². The van der Waals surface area contributed by atoms with Crippen LogP contribution in [0.1, 0.15) is 16.7 Å². The lowest BCUT2D eigenvalue weighted by molar-refractivity contribution is -0.142. The number of aliphatic carboxylic acids is 1. The van der Waals surface area contributed by atoms with Crippen LogP contribution in [-0.4, -0.2) is 30.1 Å². The molecule has 0 aliphatic heterocycles. The van der Waals surface area contributed by atoms with Gasteiger partial charge in [-0.1, -0.05) is 6.07 Å². The smallest absolute Gasteiger partial charge is 0.330 e. The van der Waals surface area contributed by atoms with Gasteiger partial charge in [-0.15, -0.1) is 0 Å². The number of hydrogen-bond donors (Lipinski definition) is 3. The molecule has 6 heteroatoms. The highest BCUT2D eigenvalue weighted by Gasteiger charge is 2.21. The van der Waals surface area contributed by atoms with E-state index >= 15 is 0 Å². The summed E-state index contributed by atoms with van der Waals surface area (Å²) in [6.45, 7) is 4.08. The Bertz CT molecular complexity index is 500. The summed E-state index contributed by atoms with van der Waals surface area (Å²) in [6, 6.07) is 2.20. The molecule has 6 nitrogen and oxygen atoms in total. The fraction of sp³-hybridized carbons (Fsp3) is 0.385. The number of carbonyl (C=O) groups excluding carboxylic acids is 1. The highest BCUT2D eigenvalue weighted by Crippen LogP contribution is 2.22. The number of benzene rings is 1. The van der Waals surface area contributed by atoms with Gasteiger partial charge in [-0.2, -0.15) is 0 Å². The summed E-state index contributed by atoms with van der Waals surface area (Å²) in [5.41, 5.74) is 8.12. The lowest BCUT2D eigenvalue weighted by atomic mass is 10.0. The quantitative estimate of drug-likeness (QED) is 0.667. The molecule has 0 fully saturated rings. The molecule has 0 spiro atoms. The van der Waals surface area contributed by atoms with Crippen LogP contribution in [0.2, 0.25) is 0 Å². The lowest BCUT2D eigenvalue weighted by Gasteiger charge is -2.13. The number of ether oxygens (including phenoxy) is 1. The van der Waals surface area contributed by atoms with E-state index in [-0.39, 0.29) is 6.54 Å². The second-order valence-electron chi connectivity index (χ2n) is 4.28. The Morgan fingerprint density at radius 2 is 1.95 bits per heavy atom. The number of nitrogens with two attached hydrogens (primary N) is 1. The maximum Gasteiger partial charge on any atom is 0.330 e. The Balaban J connectivity index is 2.80. The summed E-state index contributed by atoms with van der Waals surface area (Å²) in [5, 5.41) is 11.1. The van der Waals surface area contributed by atoms with E-state index in [9.17, 15) is 9.59 Å². The van der Waals surface area contributed by atoms with Crippen molar-refractivity contribution >= 4 is 11.9 Å². The minimum atomic E-state index is -1.56. The Labute approximate surface area is 111 Å². The van der Waals surface area contributed by atoms with Crippen molar-refractivity contribution in [3.05, 3.63) is 28.8 Å². The number of amides is 1. The van der Waals surface area contributed by atoms with Crippen molar-refractivity contribution in [3.63, 3.8) is 0 Å². The minimum Gasteiger partial charge on any atom is -0.496 e. The fourth-order valence-corrected chi connectivity index (χ4v) is 1.58. The van der Waals surface area contributed by atoms with Crippen LogP contribution in [-0.2, 0) is 16.1 Å². The maximum atomic E-state index is 11.5. The molecule has 0 aromatic heterocycles.